The highest BCUT2D eigenvalue weighted by atomic mass is 19.1. The topological polar surface area (TPSA) is 108 Å². The fourth-order valence-corrected chi connectivity index (χ4v) is 5.06. The fourth-order valence-electron chi connectivity index (χ4n) is 5.06. The third kappa shape index (κ3) is 5.48. The summed E-state index contributed by atoms with van der Waals surface area (Å²) in [5, 5.41) is 13.5. The van der Waals surface area contributed by atoms with Crippen molar-refractivity contribution in [2.45, 2.75) is 32.9 Å². The number of benzene rings is 3. The lowest BCUT2D eigenvalue weighted by molar-refractivity contribution is 0.102. The Kier molecular flexibility index (Phi) is 8.08. The van der Waals surface area contributed by atoms with Gasteiger partial charge in [0.25, 0.3) is 11.5 Å². The van der Waals surface area contributed by atoms with E-state index < -0.39 is 23.4 Å². The van der Waals surface area contributed by atoms with Gasteiger partial charge in [-0.2, -0.15) is 0 Å². The lowest BCUT2D eigenvalue weighted by atomic mass is 10.00. The summed E-state index contributed by atoms with van der Waals surface area (Å²) in [5.74, 6) is -0.0854. The first-order chi connectivity index (χ1) is 20.2. The zero-order valence-electron chi connectivity index (χ0n) is 23.7. The summed E-state index contributed by atoms with van der Waals surface area (Å²) in [7, 11) is 3.10. The number of para-hydroxylation sites is 1. The molecule has 2 heterocycles. The first-order valence-electron chi connectivity index (χ1n) is 13.4. The van der Waals surface area contributed by atoms with Gasteiger partial charge in [0.15, 0.2) is 11.5 Å². The van der Waals surface area contributed by atoms with E-state index >= 15 is 4.39 Å². The molecule has 5 rings (SSSR count). The van der Waals surface area contributed by atoms with E-state index in [2.05, 4.69) is 10.3 Å². The van der Waals surface area contributed by atoms with Crippen molar-refractivity contribution in [3.63, 3.8) is 0 Å². The second-order valence-electron chi connectivity index (χ2n) is 9.98. The minimum absolute atomic E-state index is 0.0865. The number of amides is 1. The van der Waals surface area contributed by atoms with Gasteiger partial charge >= 0.3 is 0 Å². The number of aliphatic hydroxyl groups excluding tert-OH is 1. The minimum atomic E-state index is -0.761. The molecule has 1 unspecified atom stereocenters. The highest BCUT2D eigenvalue weighted by Crippen LogP contribution is 2.33. The van der Waals surface area contributed by atoms with Crippen LogP contribution in [0.2, 0.25) is 0 Å². The van der Waals surface area contributed by atoms with Crippen LogP contribution >= 0.6 is 0 Å². The number of ether oxygens (including phenoxy) is 2. The lowest BCUT2D eigenvalue weighted by Crippen LogP contribution is -2.27. The van der Waals surface area contributed by atoms with Gasteiger partial charge in [-0.15, -0.1) is 0 Å². The van der Waals surface area contributed by atoms with Crippen LogP contribution in [0.25, 0.3) is 16.6 Å². The quantitative estimate of drug-likeness (QED) is 0.262. The molecule has 1 amide bonds. The second kappa shape index (κ2) is 11.9. The monoisotopic (exact) mass is 570 g/mol. The van der Waals surface area contributed by atoms with E-state index in [1.54, 1.807) is 81.4 Å². The van der Waals surface area contributed by atoms with Gasteiger partial charge < -0.3 is 19.9 Å². The van der Waals surface area contributed by atoms with Gasteiger partial charge in [0.05, 0.1) is 43.8 Å². The predicted octanol–water partition coefficient (Wildman–Crippen LogP) is 4.88. The van der Waals surface area contributed by atoms with E-state index in [0.717, 1.165) is 10.9 Å². The number of fused-ring (bicyclic) bond motifs is 1. The molecule has 0 aliphatic rings. The second-order valence-corrected chi connectivity index (χ2v) is 9.98. The summed E-state index contributed by atoms with van der Waals surface area (Å²) >= 11 is 0. The predicted molar refractivity (Wildman–Crippen MR) is 158 cm³/mol. The summed E-state index contributed by atoms with van der Waals surface area (Å²) < 4.78 is 29.1. The average Bonchev–Trinajstić information content (AvgIpc) is 3.22. The number of methoxy groups -OCH3 is 2. The highest BCUT2D eigenvalue weighted by Gasteiger charge is 2.24. The molecule has 0 aliphatic carbocycles. The summed E-state index contributed by atoms with van der Waals surface area (Å²) in [6, 6.07) is 18.7. The Balaban J connectivity index is 1.43. The molecule has 2 aromatic heterocycles. The number of aliphatic hydroxyl groups is 1. The zero-order valence-corrected chi connectivity index (χ0v) is 23.7. The highest BCUT2D eigenvalue weighted by molar-refractivity contribution is 6.05. The van der Waals surface area contributed by atoms with Crippen LogP contribution < -0.4 is 20.3 Å². The van der Waals surface area contributed by atoms with Gasteiger partial charge in [-0.05, 0) is 61.4 Å². The van der Waals surface area contributed by atoms with Gasteiger partial charge in [-0.1, -0.05) is 24.3 Å². The SMILES string of the molecule is COc1cc2nccc(Cc3ccc(NC(=O)c4c(C)n(CC(C)O)n(-c5ccccc5)c4=O)cc3F)c2cc1OC. The van der Waals surface area contributed by atoms with Gasteiger partial charge in [0.2, 0.25) is 0 Å². The van der Waals surface area contributed by atoms with Crippen molar-refractivity contribution in [1.29, 1.82) is 0 Å². The van der Waals surface area contributed by atoms with Crippen molar-refractivity contribution in [2.75, 3.05) is 19.5 Å². The molecule has 0 bridgehead atoms. The van der Waals surface area contributed by atoms with Crippen LogP contribution in [-0.2, 0) is 13.0 Å². The van der Waals surface area contributed by atoms with Gasteiger partial charge in [-0.25, -0.2) is 9.07 Å². The normalized spacial score (nSPS) is 11.9. The van der Waals surface area contributed by atoms with Crippen LogP contribution in [-0.4, -0.2) is 45.7 Å². The Bertz CT molecular complexity index is 1830. The summed E-state index contributed by atoms with van der Waals surface area (Å²) in [6.07, 6.45) is 1.17. The number of aromatic nitrogens is 3. The van der Waals surface area contributed by atoms with Crippen LogP contribution in [0.5, 0.6) is 11.5 Å². The molecule has 216 valence electrons. The number of nitrogens with one attached hydrogen (secondary N) is 1. The number of halogens is 1. The molecule has 0 fully saturated rings. The molecule has 0 spiro atoms. The fraction of sp³-hybridized carbons (Fsp3) is 0.219. The van der Waals surface area contributed by atoms with Crippen LogP contribution in [0.4, 0.5) is 10.1 Å². The maximum absolute atomic E-state index is 15.3. The Labute approximate surface area is 241 Å². The molecule has 42 heavy (non-hydrogen) atoms. The van der Waals surface area contributed by atoms with Crippen molar-refractivity contribution in [3.8, 4) is 17.2 Å². The van der Waals surface area contributed by atoms with Crippen LogP contribution in [0.1, 0.15) is 34.1 Å². The molecule has 5 aromatic rings. The number of hydrogen-bond acceptors (Lipinski definition) is 6. The van der Waals surface area contributed by atoms with E-state index in [1.165, 1.54) is 10.7 Å². The van der Waals surface area contributed by atoms with Gasteiger partial charge in [0.1, 0.15) is 11.4 Å². The average molecular weight is 571 g/mol. The van der Waals surface area contributed by atoms with Crippen molar-refractivity contribution in [2.24, 2.45) is 0 Å². The standard InChI is InChI=1S/C32H31FN4O5/c1-19(38)18-36-20(2)30(32(40)37(36)24-8-6-5-7-9-24)31(39)35-23-11-10-22(26(33)15-23)14-21-12-13-34-27-17-29(42-4)28(41-3)16-25(21)27/h5-13,15-17,19,38H,14,18H2,1-4H3,(H,35,39). The van der Waals surface area contributed by atoms with Crippen molar-refractivity contribution < 1.29 is 23.8 Å². The lowest BCUT2D eigenvalue weighted by Gasteiger charge is -2.15. The molecule has 1 atom stereocenters. The maximum atomic E-state index is 15.3. The molecule has 0 saturated heterocycles. The van der Waals surface area contributed by atoms with Gasteiger partial charge in [0, 0.05) is 29.8 Å². The smallest absolute Gasteiger partial charge is 0.284 e. The molecule has 0 radical (unpaired) electrons. The molecular formula is C32H31FN4O5. The Hall–Kier alpha value is -4.96. The van der Waals surface area contributed by atoms with E-state index in [9.17, 15) is 14.7 Å². The number of hydrogen-bond donors (Lipinski definition) is 2. The number of nitrogens with zero attached hydrogens (tertiary/aromatic N) is 3. The largest absolute Gasteiger partial charge is 0.493 e. The Morgan fingerprint density at radius 2 is 1.74 bits per heavy atom. The van der Waals surface area contributed by atoms with E-state index in [0.29, 0.717) is 34.0 Å². The number of anilines is 1. The van der Waals surface area contributed by atoms with Crippen LogP contribution in [0, 0.1) is 12.7 Å². The molecular weight excluding hydrogens is 539 g/mol. The molecule has 9 nitrogen and oxygen atoms in total. The van der Waals surface area contributed by atoms with Crippen molar-refractivity contribution in [1.82, 2.24) is 14.3 Å². The number of pyridine rings is 1. The number of carbonyl (C=O) groups is 1. The Morgan fingerprint density at radius 1 is 1.02 bits per heavy atom. The Morgan fingerprint density at radius 3 is 2.40 bits per heavy atom. The molecule has 0 saturated carbocycles. The van der Waals surface area contributed by atoms with Crippen molar-refractivity contribution in [3.05, 3.63) is 111 Å². The van der Waals surface area contributed by atoms with Gasteiger partial charge in [-0.3, -0.25) is 19.3 Å². The molecule has 10 heteroatoms. The first-order valence-corrected chi connectivity index (χ1v) is 13.4. The van der Waals surface area contributed by atoms with Crippen LogP contribution in [0.3, 0.4) is 0 Å². The maximum Gasteiger partial charge on any atom is 0.284 e. The molecule has 3 aromatic carbocycles. The number of rotatable bonds is 9. The third-order valence-corrected chi connectivity index (χ3v) is 7.09. The van der Waals surface area contributed by atoms with Crippen molar-refractivity contribution >= 4 is 22.5 Å². The molecule has 2 N–H and O–H groups in total. The summed E-state index contributed by atoms with van der Waals surface area (Å²) in [6.45, 7) is 3.35. The van der Waals surface area contributed by atoms with Crippen LogP contribution in [0.15, 0.2) is 77.7 Å². The zero-order chi connectivity index (χ0) is 30.0. The number of carbonyl (C=O) groups excluding carboxylic acids is 1. The third-order valence-electron chi connectivity index (χ3n) is 7.09. The van der Waals surface area contributed by atoms with E-state index in [4.69, 9.17) is 9.47 Å². The first kappa shape index (κ1) is 28.6. The minimum Gasteiger partial charge on any atom is -0.493 e. The van der Waals surface area contributed by atoms with E-state index in [-0.39, 0.29) is 24.2 Å². The van der Waals surface area contributed by atoms with E-state index in [1.807, 2.05) is 18.2 Å². The summed E-state index contributed by atoms with van der Waals surface area (Å²) in [4.78, 5) is 31.2. The molecule has 0 aliphatic heterocycles. The summed E-state index contributed by atoms with van der Waals surface area (Å²) in [5.41, 5.74) is 2.47.